The molecule has 0 aromatic heterocycles. The fraction of sp³-hybridized carbons (Fsp3) is 0.194. The number of amides is 1. The van der Waals surface area contributed by atoms with Crippen molar-refractivity contribution in [3.05, 3.63) is 114 Å². The standard InChI is InChI=1S/C31H30FNO5/c1-23(34)33(29-20-26(32)13-15-31(29)38-27-11-7-4-8-12-27)21-25-19-28(35-2)14-16-30(25)37-18-17-36-22-24-9-5-3-6-10-24/h3-16,19-20H,17-18,21-22H2,1-2H3. The fourth-order valence-corrected chi connectivity index (χ4v) is 3.86. The van der Waals surface area contributed by atoms with Crippen molar-refractivity contribution < 1.29 is 28.1 Å². The van der Waals surface area contributed by atoms with Crippen LogP contribution in [0.4, 0.5) is 10.1 Å². The van der Waals surface area contributed by atoms with Crippen molar-refractivity contribution in [3.8, 4) is 23.0 Å². The minimum Gasteiger partial charge on any atom is -0.497 e. The topological polar surface area (TPSA) is 57.2 Å². The van der Waals surface area contributed by atoms with E-state index in [1.807, 2.05) is 48.5 Å². The molecule has 0 aliphatic rings. The number of hydrogen-bond donors (Lipinski definition) is 0. The van der Waals surface area contributed by atoms with Crippen LogP contribution in [0, 0.1) is 5.82 Å². The van der Waals surface area contributed by atoms with E-state index in [4.69, 9.17) is 18.9 Å². The van der Waals surface area contributed by atoms with Crippen LogP contribution in [-0.2, 0) is 22.7 Å². The quantitative estimate of drug-likeness (QED) is 0.195. The number of benzene rings is 4. The molecule has 0 aliphatic heterocycles. The van der Waals surface area contributed by atoms with E-state index in [0.29, 0.717) is 54.1 Å². The number of nitrogens with zero attached hydrogens (tertiary/aromatic N) is 1. The Kier molecular flexibility index (Phi) is 9.32. The Labute approximate surface area is 222 Å². The van der Waals surface area contributed by atoms with E-state index in [2.05, 4.69) is 0 Å². The lowest BCUT2D eigenvalue weighted by atomic mass is 10.1. The molecular weight excluding hydrogens is 485 g/mol. The number of rotatable bonds is 12. The third-order valence-corrected chi connectivity index (χ3v) is 5.76. The summed E-state index contributed by atoms with van der Waals surface area (Å²) in [6, 6.07) is 28.5. The van der Waals surface area contributed by atoms with Gasteiger partial charge in [0.2, 0.25) is 5.91 Å². The molecule has 0 heterocycles. The van der Waals surface area contributed by atoms with Crippen molar-refractivity contribution >= 4 is 11.6 Å². The lowest BCUT2D eigenvalue weighted by Crippen LogP contribution is -2.28. The minimum atomic E-state index is -0.482. The van der Waals surface area contributed by atoms with Gasteiger partial charge in [0.25, 0.3) is 0 Å². The highest BCUT2D eigenvalue weighted by Crippen LogP contribution is 2.36. The molecule has 7 heteroatoms. The van der Waals surface area contributed by atoms with E-state index in [1.165, 1.54) is 30.0 Å². The maximum absolute atomic E-state index is 14.4. The van der Waals surface area contributed by atoms with Gasteiger partial charge in [-0.2, -0.15) is 0 Å². The first-order chi connectivity index (χ1) is 18.5. The lowest BCUT2D eigenvalue weighted by molar-refractivity contribution is -0.116. The minimum absolute atomic E-state index is 0.112. The Bertz CT molecular complexity index is 1330. The van der Waals surface area contributed by atoms with E-state index >= 15 is 0 Å². The highest BCUT2D eigenvalue weighted by atomic mass is 19.1. The first-order valence-electron chi connectivity index (χ1n) is 12.3. The van der Waals surface area contributed by atoms with Gasteiger partial charge in [0.15, 0.2) is 5.75 Å². The zero-order chi connectivity index (χ0) is 26.7. The van der Waals surface area contributed by atoms with E-state index < -0.39 is 5.82 Å². The van der Waals surface area contributed by atoms with E-state index in [9.17, 15) is 9.18 Å². The molecule has 0 spiro atoms. The van der Waals surface area contributed by atoms with Gasteiger partial charge in [0.1, 0.15) is 29.7 Å². The second kappa shape index (κ2) is 13.3. The van der Waals surface area contributed by atoms with Gasteiger partial charge in [-0.05, 0) is 48.0 Å². The van der Waals surface area contributed by atoms with Gasteiger partial charge < -0.3 is 23.8 Å². The number of carbonyl (C=O) groups excluding carboxylic acids is 1. The van der Waals surface area contributed by atoms with E-state index in [0.717, 1.165) is 5.56 Å². The Morgan fingerprint density at radius 1 is 0.816 bits per heavy atom. The number of anilines is 1. The second-order valence-corrected chi connectivity index (χ2v) is 8.49. The summed E-state index contributed by atoms with van der Waals surface area (Å²) < 4.78 is 37.5. The van der Waals surface area contributed by atoms with Crippen LogP contribution in [0.25, 0.3) is 0 Å². The third-order valence-electron chi connectivity index (χ3n) is 5.76. The molecule has 0 atom stereocenters. The Morgan fingerprint density at radius 3 is 2.24 bits per heavy atom. The van der Waals surface area contributed by atoms with Crippen LogP contribution in [0.3, 0.4) is 0 Å². The molecule has 0 bridgehead atoms. The van der Waals surface area contributed by atoms with Gasteiger partial charge in [0, 0.05) is 18.6 Å². The molecule has 0 fully saturated rings. The van der Waals surface area contributed by atoms with Gasteiger partial charge in [-0.25, -0.2) is 4.39 Å². The van der Waals surface area contributed by atoms with Gasteiger partial charge in [-0.3, -0.25) is 4.79 Å². The predicted octanol–water partition coefficient (Wildman–Crippen LogP) is 6.78. The van der Waals surface area contributed by atoms with Crippen molar-refractivity contribution in [2.45, 2.75) is 20.1 Å². The molecule has 4 rings (SSSR count). The largest absolute Gasteiger partial charge is 0.497 e. The van der Waals surface area contributed by atoms with Crippen LogP contribution in [-0.4, -0.2) is 26.2 Å². The van der Waals surface area contributed by atoms with Crippen LogP contribution >= 0.6 is 0 Å². The molecule has 0 saturated carbocycles. The summed E-state index contributed by atoms with van der Waals surface area (Å²) in [4.78, 5) is 14.3. The van der Waals surface area contributed by atoms with Crippen molar-refractivity contribution in [3.63, 3.8) is 0 Å². The number of ether oxygens (including phenoxy) is 4. The molecule has 0 N–H and O–H groups in total. The zero-order valence-corrected chi connectivity index (χ0v) is 21.4. The molecule has 0 aliphatic carbocycles. The third kappa shape index (κ3) is 7.33. The van der Waals surface area contributed by atoms with Crippen molar-refractivity contribution in [2.24, 2.45) is 0 Å². The van der Waals surface area contributed by atoms with Gasteiger partial charge in [-0.1, -0.05) is 48.5 Å². The number of methoxy groups -OCH3 is 1. The van der Waals surface area contributed by atoms with Gasteiger partial charge >= 0.3 is 0 Å². The summed E-state index contributed by atoms with van der Waals surface area (Å²) in [6.45, 7) is 2.72. The molecule has 38 heavy (non-hydrogen) atoms. The average Bonchev–Trinajstić information content (AvgIpc) is 2.94. The van der Waals surface area contributed by atoms with Crippen LogP contribution < -0.4 is 19.1 Å². The SMILES string of the molecule is COc1ccc(OCCOCc2ccccc2)c(CN(C(C)=O)c2cc(F)ccc2Oc2ccccc2)c1. The summed E-state index contributed by atoms with van der Waals surface area (Å²) >= 11 is 0. The Morgan fingerprint density at radius 2 is 1.53 bits per heavy atom. The number of para-hydroxylation sites is 1. The van der Waals surface area contributed by atoms with Gasteiger partial charge in [-0.15, -0.1) is 0 Å². The number of halogens is 1. The predicted molar refractivity (Wildman–Crippen MR) is 144 cm³/mol. The summed E-state index contributed by atoms with van der Waals surface area (Å²) in [5.41, 5.74) is 2.08. The molecule has 4 aromatic carbocycles. The summed E-state index contributed by atoms with van der Waals surface area (Å²) in [6.07, 6.45) is 0. The summed E-state index contributed by atoms with van der Waals surface area (Å²) in [7, 11) is 1.57. The molecule has 0 saturated heterocycles. The van der Waals surface area contributed by atoms with Crippen LogP contribution in [0.5, 0.6) is 23.0 Å². The van der Waals surface area contributed by atoms with Crippen LogP contribution in [0.1, 0.15) is 18.1 Å². The smallest absolute Gasteiger partial charge is 0.224 e. The van der Waals surface area contributed by atoms with Crippen LogP contribution in [0.15, 0.2) is 97.1 Å². The number of hydrogen-bond acceptors (Lipinski definition) is 5. The molecule has 6 nitrogen and oxygen atoms in total. The maximum Gasteiger partial charge on any atom is 0.224 e. The average molecular weight is 516 g/mol. The Hall–Kier alpha value is -4.36. The second-order valence-electron chi connectivity index (χ2n) is 8.49. The molecule has 196 valence electrons. The highest BCUT2D eigenvalue weighted by Gasteiger charge is 2.21. The molecular formula is C31H30FNO5. The summed E-state index contributed by atoms with van der Waals surface area (Å²) in [5, 5.41) is 0. The van der Waals surface area contributed by atoms with E-state index in [-0.39, 0.29) is 12.5 Å². The summed E-state index contributed by atoms with van der Waals surface area (Å²) in [5.74, 6) is 1.34. The first kappa shape index (κ1) is 26.7. The molecule has 0 unspecified atom stereocenters. The van der Waals surface area contributed by atoms with Crippen molar-refractivity contribution in [1.29, 1.82) is 0 Å². The zero-order valence-electron chi connectivity index (χ0n) is 21.4. The van der Waals surface area contributed by atoms with Crippen LogP contribution in [0.2, 0.25) is 0 Å². The highest BCUT2D eigenvalue weighted by molar-refractivity contribution is 5.93. The van der Waals surface area contributed by atoms with Crippen molar-refractivity contribution in [1.82, 2.24) is 0 Å². The first-order valence-corrected chi connectivity index (χ1v) is 12.3. The maximum atomic E-state index is 14.4. The van der Waals surface area contributed by atoms with Gasteiger partial charge in [0.05, 0.1) is 32.6 Å². The molecule has 0 radical (unpaired) electrons. The fourth-order valence-electron chi connectivity index (χ4n) is 3.86. The monoisotopic (exact) mass is 515 g/mol. The number of carbonyl (C=O) groups is 1. The normalized spacial score (nSPS) is 10.6. The van der Waals surface area contributed by atoms with E-state index in [1.54, 1.807) is 37.4 Å². The van der Waals surface area contributed by atoms with Crippen molar-refractivity contribution in [2.75, 3.05) is 25.2 Å². The molecule has 1 amide bonds. The Balaban J connectivity index is 1.52. The lowest BCUT2D eigenvalue weighted by Gasteiger charge is -2.25. The molecule has 4 aromatic rings.